The van der Waals surface area contributed by atoms with Crippen molar-refractivity contribution in [2.45, 2.75) is 38.5 Å². The zero-order valence-electron chi connectivity index (χ0n) is 12.5. The van der Waals surface area contributed by atoms with E-state index >= 15 is 0 Å². The molecule has 2 aromatic rings. The monoisotopic (exact) mass is 300 g/mol. The maximum absolute atomic E-state index is 11.3. The van der Waals surface area contributed by atoms with E-state index in [0.29, 0.717) is 6.54 Å². The lowest BCUT2D eigenvalue weighted by atomic mass is 9.95. The van der Waals surface area contributed by atoms with E-state index in [-0.39, 0.29) is 5.92 Å². The molecule has 1 atom stereocenters. The Morgan fingerprint density at radius 3 is 3.00 bits per heavy atom. The fourth-order valence-corrected chi connectivity index (χ4v) is 3.75. The second-order valence-corrected chi connectivity index (χ2v) is 6.30. The lowest BCUT2D eigenvalue weighted by Crippen LogP contribution is -2.39. The summed E-state index contributed by atoms with van der Waals surface area (Å²) in [6, 6.07) is 0. The lowest BCUT2D eigenvalue weighted by molar-refractivity contribution is -0.141. The van der Waals surface area contributed by atoms with Crippen molar-refractivity contribution in [3.63, 3.8) is 0 Å². The Bertz CT molecular complexity index is 724. The number of piperidine rings is 1. The Kier molecular flexibility index (Phi) is 3.24. The number of aryl methyl sites for hydroxylation is 2. The van der Waals surface area contributed by atoms with E-state index in [9.17, 15) is 9.90 Å². The number of carbonyl (C=O) groups is 1. The molecule has 4 rings (SSSR count). The third-order valence-corrected chi connectivity index (χ3v) is 4.87. The van der Waals surface area contributed by atoms with Gasteiger partial charge in [0.15, 0.2) is 5.82 Å². The van der Waals surface area contributed by atoms with Crippen LogP contribution in [0.15, 0.2) is 12.4 Å². The molecule has 3 heterocycles. The first-order valence-corrected chi connectivity index (χ1v) is 8.07. The Morgan fingerprint density at radius 2 is 2.14 bits per heavy atom. The van der Waals surface area contributed by atoms with Gasteiger partial charge in [-0.3, -0.25) is 4.79 Å². The standard InChI is InChI=1S/C16H20N4O2/c21-16(22)11-4-3-8-19(10-11)15-14-12-5-1-2-6-13(12)18-20(14)9-7-17-15/h7,9,11H,1-6,8,10H2,(H,21,22). The summed E-state index contributed by atoms with van der Waals surface area (Å²) < 4.78 is 1.93. The van der Waals surface area contributed by atoms with E-state index in [4.69, 9.17) is 5.10 Å². The van der Waals surface area contributed by atoms with E-state index in [0.717, 1.165) is 43.6 Å². The number of carboxylic acids is 1. The summed E-state index contributed by atoms with van der Waals surface area (Å²) in [5, 5.41) is 14.0. The molecule has 2 aromatic heterocycles. The molecule has 1 unspecified atom stereocenters. The van der Waals surface area contributed by atoms with E-state index < -0.39 is 5.97 Å². The Hall–Kier alpha value is -2.11. The molecule has 0 bridgehead atoms. The first kappa shape index (κ1) is 13.5. The number of anilines is 1. The highest BCUT2D eigenvalue weighted by molar-refractivity contribution is 5.76. The first-order chi connectivity index (χ1) is 10.7. The molecule has 1 fully saturated rings. The van der Waals surface area contributed by atoms with Crippen LogP contribution in [0.25, 0.3) is 5.52 Å². The molecular weight excluding hydrogens is 280 g/mol. The van der Waals surface area contributed by atoms with E-state index in [1.807, 2.05) is 10.7 Å². The molecule has 0 saturated carbocycles. The molecule has 0 amide bonds. The summed E-state index contributed by atoms with van der Waals surface area (Å²) in [5.41, 5.74) is 3.59. The summed E-state index contributed by atoms with van der Waals surface area (Å²) in [6.45, 7) is 1.42. The Labute approximate surface area is 128 Å². The molecule has 1 N–H and O–H groups in total. The van der Waals surface area contributed by atoms with Gasteiger partial charge in [0.1, 0.15) is 5.52 Å². The number of fused-ring (bicyclic) bond motifs is 3. The summed E-state index contributed by atoms with van der Waals surface area (Å²) in [5.74, 6) is -0.0918. The summed E-state index contributed by atoms with van der Waals surface area (Å²) >= 11 is 0. The average molecular weight is 300 g/mol. The van der Waals surface area contributed by atoms with E-state index in [2.05, 4.69) is 9.88 Å². The molecule has 1 aliphatic heterocycles. The minimum absolute atomic E-state index is 0.297. The maximum Gasteiger partial charge on any atom is 0.308 e. The quantitative estimate of drug-likeness (QED) is 0.917. The third-order valence-electron chi connectivity index (χ3n) is 4.87. The molecule has 2 aliphatic rings. The second-order valence-electron chi connectivity index (χ2n) is 6.30. The van der Waals surface area contributed by atoms with Crippen LogP contribution in [-0.2, 0) is 17.6 Å². The molecule has 116 valence electrons. The average Bonchev–Trinajstić information content (AvgIpc) is 2.93. The van der Waals surface area contributed by atoms with Gasteiger partial charge in [-0.2, -0.15) is 5.10 Å². The number of rotatable bonds is 2. The largest absolute Gasteiger partial charge is 0.481 e. The molecule has 6 nitrogen and oxygen atoms in total. The van der Waals surface area contributed by atoms with Gasteiger partial charge in [-0.1, -0.05) is 0 Å². The van der Waals surface area contributed by atoms with Gasteiger partial charge >= 0.3 is 5.97 Å². The van der Waals surface area contributed by atoms with Crippen molar-refractivity contribution in [2.24, 2.45) is 5.92 Å². The number of aliphatic carboxylic acids is 1. The SMILES string of the molecule is O=C(O)C1CCCN(c2nccn3nc4c(c23)CCCC4)C1. The van der Waals surface area contributed by atoms with Gasteiger partial charge in [-0.05, 0) is 38.5 Å². The van der Waals surface area contributed by atoms with Crippen molar-refractivity contribution >= 4 is 17.3 Å². The van der Waals surface area contributed by atoms with Crippen LogP contribution in [0.4, 0.5) is 5.82 Å². The second kappa shape index (κ2) is 5.26. The molecule has 1 saturated heterocycles. The van der Waals surface area contributed by atoms with Gasteiger partial charge in [0, 0.05) is 31.0 Å². The molecular formula is C16H20N4O2. The van der Waals surface area contributed by atoms with Gasteiger partial charge in [-0.25, -0.2) is 9.50 Å². The van der Waals surface area contributed by atoms with Crippen molar-refractivity contribution in [2.75, 3.05) is 18.0 Å². The minimum atomic E-state index is -0.702. The highest BCUT2D eigenvalue weighted by Crippen LogP contribution is 2.32. The summed E-state index contributed by atoms with van der Waals surface area (Å²) in [6.07, 6.45) is 9.80. The van der Waals surface area contributed by atoms with Crippen molar-refractivity contribution < 1.29 is 9.90 Å². The van der Waals surface area contributed by atoms with Crippen LogP contribution in [0.1, 0.15) is 36.9 Å². The zero-order valence-corrected chi connectivity index (χ0v) is 12.5. The van der Waals surface area contributed by atoms with Crippen molar-refractivity contribution in [1.29, 1.82) is 0 Å². The van der Waals surface area contributed by atoms with Crippen LogP contribution in [0.3, 0.4) is 0 Å². The molecule has 22 heavy (non-hydrogen) atoms. The van der Waals surface area contributed by atoms with Crippen LogP contribution < -0.4 is 4.90 Å². The topological polar surface area (TPSA) is 70.7 Å². The molecule has 0 radical (unpaired) electrons. The van der Waals surface area contributed by atoms with Crippen molar-refractivity contribution in [3.8, 4) is 0 Å². The summed E-state index contributed by atoms with van der Waals surface area (Å²) in [4.78, 5) is 18.0. The molecule has 6 heteroatoms. The third kappa shape index (κ3) is 2.14. The van der Waals surface area contributed by atoms with Gasteiger partial charge < -0.3 is 10.0 Å². The maximum atomic E-state index is 11.3. The van der Waals surface area contributed by atoms with Crippen LogP contribution >= 0.6 is 0 Å². The molecule has 1 aliphatic carbocycles. The highest BCUT2D eigenvalue weighted by Gasteiger charge is 2.29. The predicted molar refractivity (Wildman–Crippen MR) is 82.2 cm³/mol. The summed E-state index contributed by atoms with van der Waals surface area (Å²) in [7, 11) is 0. The normalized spacial score (nSPS) is 21.8. The molecule has 0 spiro atoms. The zero-order chi connectivity index (χ0) is 15.1. The Balaban J connectivity index is 1.78. The molecule has 0 aromatic carbocycles. The highest BCUT2D eigenvalue weighted by atomic mass is 16.4. The number of hydrogen-bond acceptors (Lipinski definition) is 4. The van der Waals surface area contributed by atoms with Gasteiger partial charge in [0.2, 0.25) is 0 Å². The fraction of sp³-hybridized carbons (Fsp3) is 0.562. The van der Waals surface area contributed by atoms with Crippen molar-refractivity contribution in [1.82, 2.24) is 14.6 Å². The van der Waals surface area contributed by atoms with Crippen LogP contribution in [0, 0.1) is 5.92 Å². The van der Waals surface area contributed by atoms with E-state index in [1.165, 1.54) is 24.1 Å². The van der Waals surface area contributed by atoms with Gasteiger partial charge in [0.25, 0.3) is 0 Å². The lowest BCUT2D eigenvalue weighted by Gasteiger charge is -2.32. The van der Waals surface area contributed by atoms with Crippen LogP contribution in [0.2, 0.25) is 0 Å². The van der Waals surface area contributed by atoms with Crippen LogP contribution in [-0.4, -0.2) is 38.8 Å². The van der Waals surface area contributed by atoms with Crippen molar-refractivity contribution in [3.05, 3.63) is 23.7 Å². The number of hydrogen-bond donors (Lipinski definition) is 1. The first-order valence-electron chi connectivity index (χ1n) is 8.07. The number of carboxylic acid groups (broad SMARTS) is 1. The van der Waals surface area contributed by atoms with Crippen LogP contribution in [0.5, 0.6) is 0 Å². The minimum Gasteiger partial charge on any atom is -0.481 e. The van der Waals surface area contributed by atoms with E-state index in [1.54, 1.807) is 6.20 Å². The number of aromatic nitrogens is 3. The number of nitrogens with zero attached hydrogens (tertiary/aromatic N) is 4. The smallest absolute Gasteiger partial charge is 0.308 e. The fourth-order valence-electron chi connectivity index (χ4n) is 3.75. The van der Waals surface area contributed by atoms with Gasteiger partial charge in [-0.15, -0.1) is 0 Å². The van der Waals surface area contributed by atoms with Gasteiger partial charge in [0.05, 0.1) is 11.6 Å². The predicted octanol–water partition coefficient (Wildman–Crippen LogP) is 1.91. The Morgan fingerprint density at radius 1 is 1.27 bits per heavy atom.